The molecule has 1 atom stereocenters. The van der Waals surface area contributed by atoms with Gasteiger partial charge in [-0.1, -0.05) is 64.0 Å². The number of halogens is 1. The number of rotatable bonds is 6. The van der Waals surface area contributed by atoms with Gasteiger partial charge in [-0.2, -0.15) is 0 Å². The number of hydrogen-bond acceptors (Lipinski definition) is 1. The molecule has 0 aliphatic carbocycles. The first-order valence-corrected chi connectivity index (χ1v) is 8.08. The van der Waals surface area contributed by atoms with Gasteiger partial charge < -0.3 is 4.74 Å². The summed E-state index contributed by atoms with van der Waals surface area (Å²) in [6.45, 7) is 2.13. The van der Waals surface area contributed by atoms with Crippen molar-refractivity contribution < 1.29 is 4.74 Å². The van der Waals surface area contributed by atoms with Crippen molar-refractivity contribution in [1.82, 2.24) is 0 Å². The summed E-state index contributed by atoms with van der Waals surface area (Å²) in [5.41, 5.74) is 3.98. The van der Waals surface area contributed by atoms with E-state index in [2.05, 4.69) is 71.4 Å². The lowest BCUT2D eigenvalue weighted by Crippen LogP contribution is -2.11. The van der Waals surface area contributed by atoms with E-state index in [-0.39, 0.29) is 0 Å². The van der Waals surface area contributed by atoms with Gasteiger partial charge in [-0.15, -0.1) is 0 Å². The van der Waals surface area contributed by atoms with Crippen LogP contribution in [0.1, 0.15) is 16.7 Å². The third-order valence-corrected chi connectivity index (χ3v) is 4.45. The van der Waals surface area contributed by atoms with Crippen molar-refractivity contribution in [3.8, 4) is 5.75 Å². The molecule has 0 amide bonds. The average molecular weight is 333 g/mol. The molecule has 106 valence electrons. The van der Waals surface area contributed by atoms with Gasteiger partial charge in [0.05, 0.1) is 7.11 Å². The summed E-state index contributed by atoms with van der Waals surface area (Å²) in [4.78, 5) is 0. The van der Waals surface area contributed by atoms with Gasteiger partial charge in [0.15, 0.2) is 0 Å². The van der Waals surface area contributed by atoms with Gasteiger partial charge in [-0.05, 0) is 42.9 Å². The van der Waals surface area contributed by atoms with E-state index in [4.69, 9.17) is 4.74 Å². The number of benzene rings is 2. The van der Waals surface area contributed by atoms with Crippen LogP contribution in [-0.2, 0) is 12.8 Å². The second-order valence-electron chi connectivity index (χ2n) is 5.23. The van der Waals surface area contributed by atoms with E-state index >= 15 is 0 Å². The second kappa shape index (κ2) is 7.49. The molecule has 0 aromatic heterocycles. The van der Waals surface area contributed by atoms with Crippen molar-refractivity contribution in [2.24, 2.45) is 5.92 Å². The van der Waals surface area contributed by atoms with Crippen molar-refractivity contribution in [3.63, 3.8) is 0 Å². The monoisotopic (exact) mass is 332 g/mol. The van der Waals surface area contributed by atoms with E-state index in [0.29, 0.717) is 5.92 Å². The lowest BCUT2D eigenvalue weighted by atomic mass is 9.93. The minimum Gasteiger partial charge on any atom is -0.496 e. The Bertz CT molecular complexity index is 536. The zero-order valence-corrected chi connectivity index (χ0v) is 13.7. The zero-order chi connectivity index (χ0) is 14.4. The normalized spacial score (nSPS) is 12.2. The quantitative estimate of drug-likeness (QED) is 0.690. The Hall–Kier alpha value is -1.28. The van der Waals surface area contributed by atoms with Gasteiger partial charge in [0.1, 0.15) is 5.75 Å². The summed E-state index contributed by atoms with van der Waals surface area (Å²) in [6.07, 6.45) is 2.12. The third kappa shape index (κ3) is 4.11. The van der Waals surface area contributed by atoms with Gasteiger partial charge in [-0.3, -0.25) is 0 Å². The summed E-state index contributed by atoms with van der Waals surface area (Å²) < 4.78 is 5.48. The largest absolute Gasteiger partial charge is 0.496 e. The van der Waals surface area contributed by atoms with E-state index < -0.39 is 0 Å². The van der Waals surface area contributed by atoms with Gasteiger partial charge in [-0.25, -0.2) is 0 Å². The Balaban J connectivity index is 2.12. The van der Waals surface area contributed by atoms with Crippen LogP contribution in [0.4, 0.5) is 0 Å². The molecule has 1 nitrogen and oxygen atoms in total. The molecular formula is C18H21BrO. The van der Waals surface area contributed by atoms with Crippen molar-refractivity contribution in [2.45, 2.75) is 19.8 Å². The van der Waals surface area contributed by atoms with Gasteiger partial charge in [0.25, 0.3) is 0 Å². The highest BCUT2D eigenvalue weighted by atomic mass is 79.9. The molecule has 0 fully saturated rings. The Morgan fingerprint density at radius 2 is 1.80 bits per heavy atom. The van der Waals surface area contributed by atoms with Crippen LogP contribution in [-0.4, -0.2) is 12.4 Å². The molecule has 0 saturated heterocycles. The molecule has 0 aliphatic heterocycles. The number of hydrogen-bond donors (Lipinski definition) is 0. The topological polar surface area (TPSA) is 9.23 Å². The maximum Gasteiger partial charge on any atom is 0.122 e. The van der Waals surface area contributed by atoms with Crippen molar-refractivity contribution >= 4 is 15.9 Å². The summed E-state index contributed by atoms with van der Waals surface area (Å²) in [5, 5.41) is 0.999. The Morgan fingerprint density at radius 1 is 1.05 bits per heavy atom. The number of methoxy groups -OCH3 is 1. The van der Waals surface area contributed by atoms with Crippen LogP contribution in [0, 0.1) is 12.8 Å². The fourth-order valence-electron chi connectivity index (χ4n) is 2.51. The molecule has 0 radical (unpaired) electrons. The Labute approximate surface area is 130 Å². The number of aryl methyl sites for hydroxylation is 1. The molecule has 0 bridgehead atoms. The Kier molecular flexibility index (Phi) is 5.66. The average Bonchev–Trinajstić information content (AvgIpc) is 2.48. The molecule has 0 spiro atoms. The molecule has 2 aromatic rings. The predicted molar refractivity (Wildman–Crippen MR) is 88.9 cm³/mol. The summed E-state index contributed by atoms with van der Waals surface area (Å²) in [5.74, 6) is 1.57. The molecule has 20 heavy (non-hydrogen) atoms. The molecule has 0 saturated carbocycles. The highest BCUT2D eigenvalue weighted by Crippen LogP contribution is 2.25. The first kappa shape index (κ1) is 15.1. The molecule has 2 aromatic carbocycles. The molecule has 0 heterocycles. The van der Waals surface area contributed by atoms with Gasteiger partial charge >= 0.3 is 0 Å². The minimum absolute atomic E-state index is 0.577. The van der Waals surface area contributed by atoms with Crippen LogP contribution in [0.15, 0.2) is 48.5 Å². The summed E-state index contributed by atoms with van der Waals surface area (Å²) in [7, 11) is 1.74. The minimum atomic E-state index is 0.577. The van der Waals surface area contributed by atoms with Gasteiger partial charge in [0, 0.05) is 5.33 Å². The predicted octanol–water partition coefficient (Wildman–Crippen LogP) is 4.80. The molecular weight excluding hydrogens is 312 g/mol. The second-order valence-corrected chi connectivity index (χ2v) is 5.88. The molecule has 0 N–H and O–H groups in total. The number of ether oxygens (including phenoxy) is 1. The van der Waals surface area contributed by atoms with Gasteiger partial charge in [0.2, 0.25) is 0 Å². The van der Waals surface area contributed by atoms with E-state index in [9.17, 15) is 0 Å². The fourth-order valence-corrected chi connectivity index (χ4v) is 2.96. The number of alkyl halides is 1. The molecule has 2 rings (SSSR count). The summed E-state index contributed by atoms with van der Waals surface area (Å²) in [6, 6.07) is 17.1. The highest BCUT2D eigenvalue weighted by molar-refractivity contribution is 9.09. The maximum atomic E-state index is 5.48. The van der Waals surface area contributed by atoms with E-state index in [1.165, 1.54) is 16.7 Å². The lowest BCUT2D eigenvalue weighted by molar-refractivity contribution is 0.405. The molecule has 0 aliphatic rings. The third-order valence-electron chi connectivity index (χ3n) is 3.53. The maximum absolute atomic E-state index is 5.48. The van der Waals surface area contributed by atoms with Crippen LogP contribution in [0.5, 0.6) is 5.75 Å². The first-order valence-electron chi connectivity index (χ1n) is 6.96. The smallest absolute Gasteiger partial charge is 0.122 e. The van der Waals surface area contributed by atoms with E-state index in [1.54, 1.807) is 7.11 Å². The van der Waals surface area contributed by atoms with E-state index in [0.717, 1.165) is 23.9 Å². The SMILES string of the molecule is COc1ccc(C)cc1CC(CBr)Cc1ccccc1. The van der Waals surface area contributed by atoms with Crippen LogP contribution in [0.25, 0.3) is 0 Å². The molecule has 2 heteroatoms. The van der Waals surface area contributed by atoms with Crippen molar-refractivity contribution in [3.05, 3.63) is 65.2 Å². The fraction of sp³-hybridized carbons (Fsp3) is 0.333. The van der Waals surface area contributed by atoms with Crippen LogP contribution in [0.3, 0.4) is 0 Å². The lowest BCUT2D eigenvalue weighted by Gasteiger charge is -2.17. The van der Waals surface area contributed by atoms with Crippen LogP contribution < -0.4 is 4.74 Å². The Morgan fingerprint density at radius 3 is 2.45 bits per heavy atom. The standard InChI is InChI=1S/C18H21BrO/c1-14-8-9-18(20-2)17(10-14)12-16(13-19)11-15-6-4-3-5-7-15/h3-10,16H,11-13H2,1-2H3. The van der Waals surface area contributed by atoms with Crippen LogP contribution >= 0.6 is 15.9 Å². The zero-order valence-electron chi connectivity index (χ0n) is 12.1. The van der Waals surface area contributed by atoms with Crippen molar-refractivity contribution in [1.29, 1.82) is 0 Å². The molecule has 1 unspecified atom stereocenters. The first-order chi connectivity index (χ1) is 9.72. The van der Waals surface area contributed by atoms with E-state index in [1.807, 2.05) is 0 Å². The highest BCUT2D eigenvalue weighted by Gasteiger charge is 2.13. The van der Waals surface area contributed by atoms with Crippen LogP contribution in [0.2, 0.25) is 0 Å². The van der Waals surface area contributed by atoms with Crippen molar-refractivity contribution in [2.75, 3.05) is 12.4 Å². The summed E-state index contributed by atoms with van der Waals surface area (Å²) >= 11 is 3.66.